The van der Waals surface area contributed by atoms with Crippen LogP contribution in [0.2, 0.25) is 0 Å². The van der Waals surface area contributed by atoms with Crippen LogP contribution in [0.3, 0.4) is 0 Å². The maximum absolute atomic E-state index is 13.0. The molecule has 2 saturated heterocycles. The van der Waals surface area contributed by atoms with E-state index in [9.17, 15) is 39.9 Å². The highest BCUT2D eigenvalue weighted by Crippen LogP contribution is 2.39. The molecule has 0 saturated carbocycles. The minimum atomic E-state index is -2.35. The third-order valence-corrected chi connectivity index (χ3v) is 7.68. The molecule has 0 aromatic rings. The van der Waals surface area contributed by atoms with Crippen LogP contribution in [0, 0.1) is 11.8 Å². The summed E-state index contributed by atoms with van der Waals surface area (Å²) in [5.74, 6) is -5.85. The number of carbonyl (C=O) groups is 3. The highest BCUT2D eigenvalue weighted by molar-refractivity contribution is 5.72. The van der Waals surface area contributed by atoms with Crippen LogP contribution in [0.15, 0.2) is 0 Å². The first-order valence-corrected chi connectivity index (χ1v) is 15.7. The zero-order chi connectivity index (χ0) is 33.0. The lowest BCUT2D eigenvalue weighted by atomic mass is 9.97. The lowest BCUT2D eigenvalue weighted by molar-refractivity contribution is -0.384. The molecule has 14 nitrogen and oxygen atoms in total. The fourth-order valence-corrected chi connectivity index (χ4v) is 4.97. The molecule has 0 unspecified atom stereocenters. The van der Waals surface area contributed by atoms with Crippen molar-refractivity contribution in [3.05, 3.63) is 0 Å². The van der Waals surface area contributed by atoms with Gasteiger partial charge in [0.1, 0.15) is 31.0 Å². The van der Waals surface area contributed by atoms with E-state index in [0.29, 0.717) is 6.42 Å². The first kappa shape index (κ1) is 38.3. The first-order valence-electron chi connectivity index (χ1n) is 15.7. The van der Waals surface area contributed by atoms with Gasteiger partial charge in [-0.3, -0.25) is 14.4 Å². The summed E-state index contributed by atoms with van der Waals surface area (Å²) in [6, 6.07) is 0. The number of esters is 3. The molecule has 2 aliphatic rings. The summed E-state index contributed by atoms with van der Waals surface area (Å²) in [5, 5.41) is 52.0. The zero-order valence-electron chi connectivity index (χ0n) is 26.5. The second kappa shape index (κ2) is 18.3. The smallest absolute Gasteiger partial charge is 0.308 e. The molecule has 2 fully saturated rings. The number of rotatable bonds is 18. The van der Waals surface area contributed by atoms with E-state index in [0.717, 1.165) is 38.5 Å². The molecule has 2 aliphatic heterocycles. The van der Waals surface area contributed by atoms with Gasteiger partial charge in [0, 0.05) is 6.42 Å². The van der Waals surface area contributed by atoms with Crippen LogP contribution in [-0.4, -0.2) is 118 Å². The fourth-order valence-electron chi connectivity index (χ4n) is 4.97. The first-order chi connectivity index (χ1) is 20.8. The van der Waals surface area contributed by atoms with Crippen molar-refractivity contribution in [3.8, 4) is 0 Å². The number of hydrogen-bond acceptors (Lipinski definition) is 14. The molecule has 14 heteroatoms. The van der Waals surface area contributed by atoms with Gasteiger partial charge in [0.05, 0.1) is 25.0 Å². The average molecular weight is 637 g/mol. The summed E-state index contributed by atoms with van der Waals surface area (Å²) in [7, 11) is 0. The van der Waals surface area contributed by atoms with E-state index in [1.807, 2.05) is 0 Å². The predicted molar refractivity (Wildman–Crippen MR) is 153 cm³/mol. The number of unbranched alkanes of at least 4 members (excludes halogenated alkanes) is 6. The Hall–Kier alpha value is -1.91. The molecule has 0 spiro atoms. The molecule has 2 rings (SSSR count). The molecular formula is C30H52O14. The number of aliphatic hydroxyl groups excluding tert-OH is 5. The van der Waals surface area contributed by atoms with Crippen molar-refractivity contribution in [2.45, 2.75) is 141 Å². The molecule has 5 N–H and O–H groups in total. The van der Waals surface area contributed by atoms with Crippen LogP contribution in [0.5, 0.6) is 0 Å². The van der Waals surface area contributed by atoms with Gasteiger partial charge >= 0.3 is 17.9 Å². The topological polar surface area (TPSA) is 208 Å². The third kappa shape index (κ3) is 10.0. The second-order valence-corrected chi connectivity index (χ2v) is 12.0. The van der Waals surface area contributed by atoms with Gasteiger partial charge in [0.2, 0.25) is 12.1 Å². The van der Waals surface area contributed by atoms with E-state index in [1.165, 1.54) is 0 Å². The van der Waals surface area contributed by atoms with Crippen molar-refractivity contribution in [2.75, 3.05) is 19.8 Å². The number of ether oxygens (including phenoxy) is 6. The van der Waals surface area contributed by atoms with Crippen LogP contribution in [0.4, 0.5) is 0 Å². The van der Waals surface area contributed by atoms with Gasteiger partial charge in [0.15, 0.2) is 18.3 Å². The van der Waals surface area contributed by atoms with Gasteiger partial charge in [-0.05, 0) is 6.42 Å². The summed E-state index contributed by atoms with van der Waals surface area (Å²) >= 11 is 0. The van der Waals surface area contributed by atoms with E-state index < -0.39 is 104 Å². The van der Waals surface area contributed by atoms with Gasteiger partial charge in [-0.2, -0.15) is 0 Å². The highest BCUT2D eigenvalue weighted by Gasteiger charge is 2.62. The van der Waals surface area contributed by atoms with E-state index in [1.54, 1.807) is 27.7 Å². The molecule has 0 aliphatic carbocycles. The Balaban J connectivity index is 2.38. The number of carbonyl (C=O) groups excluding carboxylic acids is 3. The maximum Gasteiger partial charge on any atom is 0.308 e. The van der Waals surface area contributed by atoms with Crippen LogP contribution >= 0.6 is 0 Å². The molecule has 0 aromatic heterocycles. The van der Waals surface area contributed by atoms with Crippen molar-refractivity contribution in [1.82, 2.24) is 0 Å². The van der Waals surface area contributed by atoms with Gasteiger partial charge in [-0.25, -0.2) is 0 Å². The molecule has 44 heavy (non-hydrogen) atoms. The Morgan fingerprint density at radius 3 is 1.86 bits per heavy atom. The molecule has 0 aromatic carbocycles. The molecular weight excluding hydrogens is 584 g/mol. The van der Waals surface area contributed by atoms with Crippen LogP contribution in [0.1, 0.15) is 86.0 Å². The summed E-state index contributed by atoms with van der Waals surface area (Å²) in [5.41, 5.74) is 0. The Labute approximate surface area is 258 Å². The number of aliphatic hydroxyl groups is 5. The second-order valence-electron chi connectivity index (χ2n) is 12.0. The molecule has 0 radical (unpaired) electrons. The van der Waals surface area contributed by atoms with E-state index in [2.05, 4.69) is 6.92 Å². The lowest BCUT2D eigenvalue weighted by Gasteiger charge is -2.45. The van der Waals surface area contributed by atoms with Gasteiger partial charge in [0.25, 0.3) is 0 Å². The summed E-state index contributed by atoms with van der Waals surface area (Å²) < 4.78 is 34.0. The van der Waals surface area contributed by atoms with Crippen molar-refractivity contribution >= 4 is 17.9 Å². The SMILES string of the molecule is CCCCCCCCCC(=O)O[C@@H]1[C@@H](O[C@@]2(CO)O[C@@H](CO)[C@@H](O)[C@H]2OC(=O)C(C)C)O[C@@H](CO)[C@@H](O)[C@H]1OC(=O)C(C)C. The van der Waals surface area contributed by atoms with Gasteiger partial charge in [-0.1, -0.05) is 73.1 Å². The molecule has 2 heterocycles. The fraction of sp³-hybridized carbons (Fsp3) is 0.900. The lowest BCUT2D eigenvalue weighted by Crippen LogP contribution is -2.65. The largest absolute Gasteiger partial charge is 0.455 e. The summed E-state index contributed by atoms with van der Waals surface area (Å²) in [6.45, 7) is 5.79. The van der Waals surface area contributed by atoms with E-state index >= 15 is 0 Å². The van der Waals surface area contributed by atoms with Crippen LogP contribution in [-0.2, 0) is 42.8 Å². The minimum Gasteiger partial charge on any atom is -0.455 e. The minimum absolute atomic E-state index is 0.00292. The normalized spacial score (nSPS) is 32.2. The van der Waals surface area contributed by atoms with Gasteiger partial charge in [-0.15, -0.1) is 0 Å². The standard InChI is InChI=1S/C30H52O14/c1-6-7-8-9-10-11-12-13-21(34)40-25-24(41-27(37)17(2)3)22(35)19(14-31)39-29(25)44-30(16-33)26(42-28(38)18(4)5)23(36)20(15-32)43-30/h17-20,22-26,29,31-33,35-36H,6-16H2,1-5H3/t19-,20-,22+,23+,24+,25-,26+,29+,30+/m0/s1. The molecule has 256 valence electrons. The summed E-state index contributed by atoms with van der Waals surface area (Å²) in [4.78, 5) is 38.2. The van der Waals surface area contributed by atoms with E-state index in [4.69, 9.17) is 28.4 Å². The maximum atomic E-state index is 13.0. The van der Waals surface area contributed by atoms with Crippen LogP contribution in [0.25, 0.3) is 0 Å². The highest BCUT2D eigenvalue weighted by atomic mass is 16.8. The van der Waals surface area contributed by atoms with E-state index in [-0.39, 0.29) is 6.42 Å². The molecule has 0 amide bonds. The Kier molecular flexibility index (Phi) is 15.9. The molecule has 0 bridgehead atoms. The number of hydrogen-bond donors (Lipinski definition) is 5. The third-order valence-electron chi connectivity index (χ3n) is 7.68. The van der Waals surface area contributed by atoms with Crippen molar-refractivity contribution in [1.29, 1.82) is 0 Å². The predicted octanol–water partition coefficient (Wildman–Crippen LogP) is 0.710. The van der Waals surface area contributed by atoms with Crippen molar-refractivity contribution in [2.24, 2.45) is 11.8 Å². The van der Waals surface area contributed by atoms with Crippen molar-refractivity contribution in [3.63, 3.8) is 0 Å². The summed E-state index contributed by atoms with van der Waals surface area (Å²) in [6.07, 6.45) is -6.06. The zero-order valence-corrected chi connectivity index (χ0v) is 26.5. The Morgan fingerprint density at radius 1 is 0.750 bits per heavy atom. The Morgan fingerprint density at radius 2 is 1.32 bits per heavy atom. The van der Waals surface area contributed by atoms with Crippen LogP contribution < -0.4 is 0 Å². The average Bonchev–Trinajstić information content (AvgIpc) is 3.25. The quantitative estimate of drug-likeness (QED) is 0.0798. The molecule has 9 atom stereocenters. The Bertz CT molecular complexity index is 897. The van der Waals surface area contributed by atoms with Gasteiger partial charge < -0.3 is 54.0 Å². The van der Waals surface area contributed by atoms with Crippen molar-refractivity contribution < 1.29 is 68.3 Å². The monoisotopic (exact) mass is 636 g/mol.